The zero-order chi connectivity index (χ0) is 17.9. The van der Waals surface area contributed by atoms with Gasteiger partial charge in [0.05, 0.1) is 6.26 Å². The standard InChI is InChI=1S/C19H20N2O5/c22-18(14-3-1-9-21(14)19(23)16-4-2-10-24-16)20-8-7-13-5-6-15-17(11-13)26-12-25-15/h2,4-6,10-11,14H,1,3,7-9,12H2,(H,20,22). The first-order chi connectivity index (χ1) is 12.7. The number of furan rings is 1. The summed E-state index contributed by atoms with van der Waals surface area (Å²) < 4.78 is 15.8. The number of carbonyl (C=O) groups excluding carboxylic acids is 2. The highest BCUT2D eigenvalue weighted by Crippen LogP contribution is 2.32. The summed E-state index contributed by atoms with van der Waals surface area (Å²) in [5, 5.41) is 2.94. The predicted octanol–water partition coefficient (Wildman–Crippen LogP) is 1.97. The van der Waals surface area contributed by atoms with Crippen molar-refractivity contribution in [2.24, 2.45) is 0 Å². The second kappa shape index (κ2) is 7.11. The van der Waals surface area contributed by atoms with Crippen LogP contribution >= 0.6 is 0 Å². The van der Waals surface area contributed by atoms with Gasteiger partial charge in [-0.25, -0.2) is 0 Å². The van der Waals surface area contributed by atoms with Gasteiger partial charge in [-0.15, -0.1) is 0 Å². The Bertz CT molecular complexity index is 802. The van der Waals surface area contributed by atoms with Crippen molar-refractivity contribution in [2.45, 2.75) is 25.3 Å². The Labute approximate surface area is 150 Å². The van der Waals surface area contributed by atoms with Crippen LogP contribution in [0.3, 0.4) is 0 Å². The van der Waals surface area contributed by atoms with E-state index in [2.05, 4.69) is 5.32 Å². The number of nitrogens with zero attached hydrogens (tertiary/aromatic N) is 1. The van der Waals surface area contributed by atoms with E-state index >= 15 is 0 Å². The maximum atomic E-state index is 12.5. The van der Waals surface area contributed by atoms with E-state index in [9.17, 15) is 9.59 Å². The Morgan fingerprint density at radius 1 is 1.19 bits per heavy atom. The Kier molecular flexibility index (Phi) is 4.51. The Balaban J connectivity index is 1.32. The van der Waals surface area contributed by atoms with Gasteiger partial charge in [0, 0.05) is 13.1 Å². The lowest BCUT2D eigenvalue weighted by Gasteiger charge is -2.23. The first-order valence-corrected chi connectivity index (χ1v) is 8.73. The van der Waals surface area contributed by atoms with E-state index in [1.54, 1.807) is 17.0 Å². The molecule has 1 aromatic heterocycles. The Hall–Kier alpha value is -2.96. The maximum absolute atomic E-state index is 12.5. The fourth-order valence-corrected chi connectivity index (χ4v) is 3.37. The van der Waals surface area contributed by atoms with Crippen LogP contribution in [-0.4, -0.2) is 42.6 Å². The van der Waals surface area contributed by atoms with Gasteiger partial charge in [-0.1, -0.05) is 6.07 Å². The zero-order valence-electron chi connectivity index (χ0n) is 14.3. The molecular weight excluding hydrogens is 336 g/mol. The molecule has 1 fully saturated rings. The van der Waals surface area contributed by atoms with Crippen molar-refractivity contribution in [1.29, 1.82) is 0 Å². The van der Waals surface area contributed by atoms with Gasteiger partial charge in [0.1, 0.15) is 6.04 Å². The molecule has 0 aliphatic carbocycles. The van der Waals surface area contributed by atoms with Crippen LogP contribution in [0.1, 0.15) is 29.0 Å². The molecule has 4 rings (SSSR count). The predicted molar refractivity (Wildman–Crippen MR) is 92.0 cm³/mol. The normalized spacial score (nSPS) is 18.2. The minimum Gasteiger partial charge on any atom is -0.459 e. The summed E-state index contributed by atoms with van der Waals surface area (Å²) in [6.45, 7) is 1.31. The lowest BCUT2D eigenvalue weighted by molar-refractivity contribution is -0.124. The van der Waals surface area contributed by atoms with Crippen molar-refractivity contribution in [2.75, 3.05) is 19.9 Å². The van der Waals surface area contributed by atoms with Crippen molar-refractivity contribution >= 4 is 11.8 Å². The first-order valence-electron chi connectivity index (χ1n) is 8.73. The lowest BCUT2D eigenvalue weighted by Crippen LogP contribution is -2.46. The second-order valence-electron chi connectivity index (χ2n) is 6.36. The molecule has 7 heteroatoms. The largest absolute Gasteiger partial charge is 0.459 e. The van der Waals surface area contributed by atoms with Crippen LogP contribution in [0.15, 0.2) is 41.0 Å². The van der Waals surface area contributed by atoms with Crippen LogP contribution in [0.25, 0.3) is 0 Å². The quantitative estimate of drug-likeness (QED) is 0.886. The molecule has 0 spiro atoms. The number of ether oxygens (including phenoxy) is 2. The zero-order valence-corrected chi connectivity index (χ0v) is 14.3. The molecule has 1 atom stereocenters. The summed E-state index contributed by atoms with van der Waals surface area (Å²) >= 11 is 0. The van der Waals surface area contributed by atoms with Gasteiger partial charge in [0.2, 0.25) is 12.7 Å². The smallest absolute Gasteiger partial charge is 0.290 e. The number of rotatable bonds is 5. The molecule has 0 radical (unpaired) electrons. The lowest BCUT2D eigenvalue weighted by atomic mass is 10.1. The summed E-state index contributed by atoms with van der Waals surface area (Å²) in [5.41, 5.74) is 1.06. The third kappa shape index (κ3) is 3.24. The van der Waals surface area contributed by atoms with Crippen molar-refractivity contribution < 1.29 is 23.5 Å². The highest BCUT2D eigenvalue weighted by molar-refractivity contribution is 5.95. The van der Waals surface area contributed by atoms with E-state index in [1.165, 1.54) is 6.26 Å². The van der Waals surface area contributed by atoms with Gasteiger partial charge in [0.25, 0.3) is 5.91 Å². The second-order valence-corrected chi connectivity index (χ2v) is 6.36. The summed E-state index contributed by atoms with van der Waals surface area (Å²) in [6.07, 6.45) is 3.62. The number of amides is 2. The highest BCUT2D eigenvalue weighted by atomic mass is 16.7. The van der Waals surface area contributed by atoms with Gasteiger partial charge in [0.15, 0.2) is 17.3 Å². The van der Waals surface area contributed by atoms with Crippen LogP contribution in [0, 0.1) is 0 Å². The van der Waals surface area contributed by atoms with E-state index in [0.29, 0.717) is 25.9 Å². The molecule has 1 saturated heterocycles. The number of likely N-dealkylation sites (tertiary alicyclic amines) is 1. The van der Waals surface area contributed by atoms with Gasteiger partial charge in [-0.2, -0.15) is 0 Å². The summed E-state index contributed by atoms with van der Waals surface area (Å²) in [6, 6.07) is 8.61. The van der Waals surface area contributed by atoms with E-state index in [4.69, 9.17) is 13.9 Å². The Morgan fingerprint density at radius 3 is 2.92 bits per heavy atom. The fraction of sp³-hybridized carbons (Fsp3) is 0.368. The number of carbonyl (C=O) groups is 2. The Morgan fingerprint density at radius 2 is 2.08 bits per heavy atom. The molecule has 3 heterocycles. The van der Waals surface area contributed by atoms with E-state index < -0.39 is 6.04 Å². The number of hydrogen-bond donors (Lipinski definition) is 1. The van der Waals surface area contributed by atoms with Crippen molar-refractivity contribution in [3.63, 3.8) is 0 Å². The van der Waals surface area contributed by atoms with Gasteiger partial charge < -0.3 is 24.1 Å². The van der Waals surface area contributed by atoms with Gasteiger partial charge in [-0.05, 0) is 49.1 Å². The molecule has 2 aromatic rings. The van der Waals surface area contributed by atoms with Crippen molar-refractivity contribution in [1.82, 2.24) is 10.2 Å². The molecule has 136 valence electrons. The number of benzene rings is 1. The molecule has 0 bridgehead atoms. The average molecular weight is 356 g/mol. The van der Waals surface area contributed by atoms with Crippen LogP contribution in [0.4, 0.5) is 0 Å². The molecule has 1 unspecified atom stereocenters. The SMILES string of the molecule is O=C(NCCc1ccc2c(c1)OCO2)C1CCCN1C(=O)c1ccco1. The minimum absolute atomic E-state index is 0.122. The molecule has 1 aromatic carbocycles. The molecule has 0 saturated carbocycles. The first kappa shape index (κ1) is 16.5. The van der Waals surface area contributed by atoms with Crippen LogP contribution in [-0.2, 0) is 11.2 Å². The third-order valence-electron chi connectivity index (χ3n) is 4.70. The molecule has 2 aliphatic rings. The fourth-order valence-electron chi connectivity index (χ4n) is 3.37. The number of nitrogens with one attached hydrogen (secondary N) is 1. The monoisotopic (exact) mass is 356 g/mol. The molecule has 1 N–H and O–H groups in total. The highest BCUT2D eigenvalue weighted by Gasteiger charge is 2.35. The van der Waals surface area contributed by atoms with Crippen LogP contribution < -0.4 is 14.8 Å². The molecular formula is C19H20N2O5. The molecule has 7 nitrogen and oxygen atoms in total. The topological polar surface area (TPSA) is 81.0 Å². The maximum Gasteiger partial charge on any atom is 0.290 e. The van der Waals surface area contributed by atoms with Gasteiger partial charge in [-0.3, -0.25) is 9.59 Å². The third-order valence-corrected chi connectivity index (χ3v) is 4.70. The minimum atomic E-state index is -0.440. The van der Waals surface area contributed by atoms with Crippen molar-refractivity contribution in [3.05, 3.63) is 47.9 Å². The molecule has 26 heavy (non-hydrogen) atoms. The summed E-state index contributed by atoms with van der Waals surface area (Å²) in [4.78, 5) is 26.6. The van der Waals surface area contributed by atoms with Crippen LogP contribution in [0.5, 0.6) is 11.5 Å². The van der Waals surface area contributed by atoms with Crippen molar-refractivity contribution in [3.8, 4) is 11.5 Å². The summed E-state index contributed by atoms with van der Waals surface area (Å²) in [5.74, 6) is 1.40. The number of fused-ring (bicyclic) bond motifs is 1. The van der Waals surface area contributed by atoms with Crippen LogP contribution in [0.2, 0.25) is 0 Å². The van der Waals surface area contributed by atoms with E-state index in [0.717, 1.165) is 23.5 Å². The number of hydrogen-bond acceptors (Lipinski definition) is 5. The van der Waals surface area contributed by atoms with E-state index in [-0.39, 0.29) is 24.4 Å². The summed E-state index contributed by atoms with van der Waals surface area (Å²) in [7, 11) is 0. The molecule has 2 aliphatic heterocycles. The average Bonchev–Trinajstić information content (AvgIpc) is 3.41. The van der Waals surface area contributed by atoms with Gasteiger partial charge >= 0.3 is 0 Å². The molecule has 2 amide bonds. The van der Waals surface area contributed by atoms with E-state index in [1.807, 2.05) is 18.2 Å².